The van der Waals surface area contributed by atoms with Crippen molar-refractivity contribution in [3.63, 3.8) is 0 Å². The zero-order chi connectivity index (χ0) is 12.0. The number of nitriles is 1. The molecule has 0 fully saturated rings. The fourth-order valence-corrected chi connectivity index (χ4v) is 1.66. The first-order chi connectivity index (χ1) is 7.70. The quantitative estimate of drug-likeness (QED) is 0.716. The van der Waals surface area contributed by atoms with Crippen molar-refractivity contribution in [2.24, 2.45) is 0 Å². The Labute approximate surface area is 94.9 Å². The van der Waals surface area contributed by atoms with Gasteiger partial charge in [-0.15, -0.1) is 0 Å². The molecule has 88 valence electrons. The molecule has 0 aromatic carbocycles. The number of aromatic amines is 1. The number of hydrogen-bond donors (Lipinski definition) is 2. The first-order valence-corrected chi connectivity index (χ1v) is 5.69. The molecule has 1 aromatic heterocycles. The van der Waals surface area contributed by atoms with Crippen LogP contribution in [-0.2, 0) is 6.54 Å². The van der Waals surface area contributed by atoms with Gasteiger partial charge in [0.2, 0.25) is 0 Å². The normalized spacial score (nSPS) is 10.2. The molecular weight excluding hydrogens is 204 g/mol. The fraction of sp³-hybridized carbons (Fsp3) is 0.636. The van der Waals surface area contributed by atoms with Crippen LogP contribution in [0.5, 0.6) is 0 Å². The summed E-state index contributed by atoms with van der Waals surface area (Å²) in [5, 5.41) is 8.68. The van der Waals surface area contributed by atoms with E-state index in [2.05, 4.69) is 11.9 Å². The Balaban J connectivity index is 2.52. The number of nitrogens with two attached hydrogens (primary N) is 1. The zero-order valence-corrected chi connectivity index (χ0v) is 9.62. The monoisotopic (exact) mass is 222 g/mol. The summed E-state index contributed by atoms with van der Waals surface area (Å²) in [7, 11) is 0. The maximum Gasteiger partial charge on any atom is 0.328 e. The van der Waals surface area contributed by atoms with Gasteiger partial charge in [0.25, 0.3) is 0 Å². The smallest absolute Gasteiger partial charge is 0.328 e. The number of rotatable bonds is 6. The minimum atomic E-state index is -0.287. The average molecular weight is 222 g/mol. The molecule has 0 spiro atoms. The number of hydrogen-bond acceptors (Lipinski definition) is 3. The molecule has 0 radical (unpaired) electrons. The highest BCUT2D eigenvalue weighted by Crippen LogP contribution is 2.08. The first kappa shape index (κ1) is 12.4. The molecule has 5 heteroatoms. The van der Waals surface area contributed by atoms with Gasteiger partial charge >= 0.3 is 5.69 Å². The van der Waals surface area contributed by atoms with Crippen LogP contribution >= 0.6 is 0 Å². The van der Waals surface area contributed by atoms with E-state index in [1.165, 1.54) is 23.8 Å². The summed E-state index contributed by atoms with van der Waals surface area (Å²) < 4.78 is 1.44. The van der Waals surface area contributed by atoms with E-state index in [1.54, 1.807) is 0 Å². The van der Waals surface area contributed by atoms with Crippen molar-refractivity contribution in [1.82, 2.24) is 9.55 Å². The predicted molar refractivity (Wildman–Crippen MR) is 62.9 cm³/mol. The minimum Gasteiger partial charge on any atom is -0.383 e. The lowest BCUT2D eigenvalue weighted by atomic mass is 10.1. The lowest BCUT2D eigenvalue weighted by Gasteiger charge is -2.03. The van der Waals surface area contributed by atoms with Gasteiger partial charge in [-0.2, -0.15) is 5.26 Å². The van der Waals surface area contributed by atoms with E-state index in [9.17, 15) is 4.79 Å². The van der Waals surface area contributed by atoms with Crippen LogP contribution in [0.4, 0.5) is 5.82 Å². The van der Waals surface area contributed by atoms with E-state index in [0.717, 1.165) is 12.8 Å². The highest BCUT2D eigenvalue weighted by molar-refractivity contribution is 5.44. The van der Waals surface area contributed by atoms with E-state index >= 15 is 0 Å². The third-order valence-electron chi connectivity index (χ3n) is 2.62. The van der Waals surface area contributed by atoms with Gasteiger partial charge in [-0.25, -0.2) is 4.79 Å². The van der Waals surface area contributed by atoms with Crippen LogP contribution in [0.3, 0.4) is 0 Å². The van der Waals surface area contributed by atoms with Crippen molar-refractivity contribution in [3.8, 4) is 6.07 Å². The van der Waals surface area contributed by atoms with E-state index in [0.29, 0.717) is 6.54 Å². The van der Waals surface area contributed by atoms with Crippen molar-refractivity contribution in [2.75, 3.05) is 5.73 Å². The molecule has 0 atom stereocenters. The Morgan fingerprint density at radius 2 is 2.06 bits per heavy atom. The number of nitrogens with one attached hydrogen (secondary N) is 1. The van der Waals surface area contributed by atoms with Gasteiger partial charge < -0.3 is 5.73 Å². The Morgan fingerprint density at radius 1 is 1.38 bits per heavy atom. The highest BCUT2D eigenvalue weighted by atomic mass is 16.1. The molecule has 0 bridgehead atoms. The van der Waals surface area contributed by atoms with Gasteiger partial charge in [0, 0.05) is 6.54 Å². The van der Waals surface area contributed by atoms with Gasteiger partial charge in [-0.1, -0.05) is 32.6 Å². The Morgan fingerprint density at radius 3 is 2.62 bits per heavy atom. The molecule has 16 heavy (non-hydrogen) atoms. The molecule has 0 aliphatic carbocycles. The Bertz CT molecular complexity index is 424. The summed E-state index contributed by atoms with van der Waals surface area (Å²) in [6.07, 6.45) is 5.62. The van der Waals surface area contributed by atoms with Crippen molar-refractivity contribution in [3.05, 3.63) is 16.2 Å². The van der Waals surface area contributed by atoms with E-state index in [4.69, 9.17) is 11.0 Å². The van der Waals surface area contributed by atoms with Gasteiger partial charge in [0.15, 0.2) is 5.69 Å². The van der Waals surface area contributed by atoms with E-state index in [-0.39, 0.29) is 17.2 Å². The maximum atomic E-state index is 11.4. The van der Waals surface area contributed by atoms with Crippen LogP contribution < -0.4 is 11.4 Å². The summed E-state index contributed by atoms with van der Waals surface area (Å²) in [6, 6.07) is 1.87. The maximum absolute atomic E-state index is 11.4. The second-order valence-electron chi connectivity index (χ2n) is 3.87. The standard InChI is InChI=1S/C11H18N4O/c1-2-3-4-5-6-7-15-10(13)9(8-12)14-11(15)16/h2-7,13H2,1H3,(H,14,16). The number of nitrogen functional groups attached to an aromatic ring is 1. The van der Waals surface area contributed by atoms with Crippen LogP contribution in [0.25, 0.3) is 0 Å². The molecule has 0 amide bonds. The predicted octanol–water partition coefficient (Wildman–Crippen LogP) is 1.60. The number of imidazole rings is 1. The summed E-state index contributed by atoms with van der Waals surface area (Å²) >= 11 is 0. The third-order valence-corrected chi connectivity index (χ3v) is 2.62. The van der Waals surface area contributed by atoms with Crippen LogP contribution in [0, 0.1) is 11.3 Å². The fourth-order valence-electron chi connectivity index (χ4n) is 1.66. The topological polar surface area (TPSA) is 87.6 Å². The van der Waals surface area contributed by atoms with Gasteiger partial charge in [-0.3, -0.25) is 9.55 Å². The summed E-state index contributed by atoms with van der Waals surface area (Å²) in [4.78, 5) is 13.9. The summed E-state index contributed by atoms with van der Waals surface area (Å²) in [6.45, 7) is 2.75. The van der Waals surface area contributed by atoms with Crippen molar-refractivity contribution < 1.29 is 0 Å². The van der Waals surface area contributed by atoms with E-state index < -0.39 is 0 Å². The van der Waals surface area contributed by atoms with Crippen molar-refractivity contribution in [2.45, 2.75) is 45.6 Å². The first-order valence-electron chi connectivity index (χ1n) is 5.69. The van der Waals surface area contributed by atoms with Gasteiger partial charge in [0.05, 0.1) is 0 Å². The third kappa shape index (κ3) is 2.89. The number of unbranched alkanes of at least 4 members (excludes halogenated alkanes) is 4. The van der Waals surface area contributed by atoms with Crippen LogP contribution in [0.1, 0.15) is 44.7 Å². The molecule has 0 unspecified atom stereocenters. The van der Waals surface area contributed by atoms with Crippen LogP contribution in [0.2, 0.25) is 0 Å². The average Bonchev–Trinajstić information content (AvgIpc) is 2.55. The molecule has 5 nitrogen and oxygen atoms in total. The molecule has 1 rings (SSSR count). The number of nitrogens with zero attached hydrogens (tertiary/aromatic N) is 2. The minimum absolute atomic E-state index is 0.165. The number of aromatic nitrogens is 2. The molecule has 3 N–H and O–H groups in total. The van der Waals surface area contributed by atoms with Crippen LogP contribution in [0.15, 0.2) is 4.79 Å². The number of anilines is 1. The van der Waals surface area contributed by atoms with Gasteiger partial charge in [0.1, 0.15) is 11.9 Å². The number of H-pyrrole nitrogens is 1. The molecular formula is C11H18N4O. The summed E-state index contributed by atoms with van der Waals surface area (Å²) in [5.41, 5.74) is 5.54. The molecule has 1 heterocycles. The molecule has 0 saturated carbocycles. The Hall–Kier alpha value is -1.70. The van der Waals surface area contributed by atoms with Crippen LogP contribution in [-0.4, -0.2) is 9.55 Å². The lowest BCUT2D eigenvalue weighted by Crippen LogP contribution is -2.18. The Kier molecular flexibility index (Phi) is 4.65. The van der Waals surface area contributed by atoms with Crippen molar-refractivity contribution >= 4 is 5.82 Å². The molecule has 0 aliphatic heterocycles. The SMILES string of the molecule is CCCCCCCn1c(N)c(C#N)[nH]c1=O. The van der Waals surface area contributed by atoms with Crippen molar-refractivity contribution in [1.29, 1.82) is 5.26 Å². The van der Waals surface area contributed by atoms with E-state index in [1.807, 2.05) is 6.07 Å². The highest BCUT2D eigenvalue weighted by Gasteiger charge is 2.09. The zero-order valence-electron chi connectivity index (χ0n) is 9.62. The van der Waals surface area contributed by atoms with Gasteiger partial charge in [-0.05, 0) is 6.42 Å². The summed E-state index contributed by atoms with van der Waals surface area (Å²) in [5.74, 6) is 0.253. The molecule has 1 aromatic rings. The second-order valence-corrected chi connectivity index (χ2v) is 3.87. The molecule has 0 aliphatic rings. The largest absolute Gasteiger partial charge is 0.383 e. The lowest BCUT2D eigenvalue weighted by molar-refractivity contribution is 0.563. The second kappa shape index (κ2) is 6.01. The molecule has 0 saturated heterocycles.